The molecular formula is C45H27N3S2. The normalized spacial score (nSPS) is 15.8. The predicted molar refractivity (Wildman–Crippen MR) is 213 cm³/mol. The molecule has 0 bridgehead atoms. The zero-order valence-corrected chi connectivity index (χ0v) is 27.2. The van der Waals surface area contributed by atoms with E-state index in [1.54, 1.807) is 23.5 Å². The van der Waals surface area contributed by atoms with Crippen LogP contribution in [0.25, 0.3) is 96.8 Å². The van der Waals surface area contributed by atoms with Crippen molar-refractivity contribution in [1.82, 2.24) is 15.0 Å². The molecule has 3 heterocycles. The SMILES string of the molecule is [2H]c1c([2H])c([2H])c(-c2c([2H])c([2H])c([2H])c(-c3c([2H])c([2H])c([2H])c4c3sc3c([2H])c(-c5nc(-c6ccccc6)nc(-c6ccc7sc8ccccc8c7c6)n5)c([2H])c([2H])c34)c2[2H])c([2H])c1[2H]. The fourth-order valence-electron chi connectivity index (χ4n) is 5.87. The van der Waals surface area contributed by atoms with E-state index in [2.05, 4.69) is 0 Å². The number of thiophene rings is 2. The van der Waals surface area contributed by atoms with Crippen molar-refractivity contribution in [2.75, 3.05) is 0 Å². The van der Waals surface area contributed by atoms with Gasteiger partial charge in [-0.2, -0.15) is 0 Å². The lowest BCUT2D eigenvalue weighted by Crippen LogP contribution is -2.00. The second kappa shape index (κ2) is 11.8. The number of aromatic nitrogens is 3. The van der Waals surface area contributed by atoms with Gasteiger partial charge >= 0.3 is 0 Å². The van der Waals surface area contributed by atoms with Crippen molar-refractivity contribution in [3.05, 3.63) is 163 Å². The van der Waals surface area contributed by atoms with Gasteiger partial charge in [0, 0.05) is 57.0 Å². The lowest BCUT2D eigenvalue weighted by molar-refractivity contribution is 1.08. The van der Waals surface area contributed by atoms with Gasteiger partial charge in [0.05, 0.1) is 20.6 Å². The molecule has 0 saturated heterocycles. The highest BCUT2D eigenvalue weighted by molar-refractivity contribution is 7.26. The van der Waals surface area contributed by atoms with Crippen molar-refractivity contribution >= 4 is 63.0 Å². The minimum Gasteiger partial charge on any atom is -0.208 e. The van der Waals surface area contributed by atoms with Crippen LogP contribution in [0.2, 0.25) is 0 Å². The molecular weight excluding hydrogens is 647 g/mol. The van der Waals surface area contributed by atoms with Crippen molar-refractivity contribution < 1.29 is 20.6 Å². The minimum atomic E-state index is -0.794. The van der Waals surface area contributed by atoms with Crippen LogP contribution in [0.5, 0.6) is 0 Å². The van der Waals surface area contributed by atoms with Crippen LogP contribution in [-0.4, -0.2) is 15.0 Å². The van der Waals surface area contributed by atoms with E-state index in [1.807, 2.05) is 60.7 Å². The van der Waals surface area contributed by atoms with Crippen LogP contribution in [0.1, 0.15) is 20.6 Å². The molecule has 5 heteroatoms. The van der Waals surface area contributed by atoms with E-state index in [4.69, 9.17) is 30.0 Å². The average Bonchev–Trinajstić information content (AvgIpc) is 3.90. The number of fused-ring (bicyclic) bond motifs is 6. The van der Waals surface area contributed by atoms with Crippen LogP contribution in [-0.2, 0) is 0 Å². The number of benzene rings is 7. The number of hydrogen-bond acceptors (Lipinski definition) is 5. The Morgan fingerprint density at radius 3 is 2.00 bits per heavy atom. The maximum atomic E-state index is 9.66. The maximum absolute atomic E-state index is 9.66. The summed E-state index contributed by atoms with van der Waals surface area (Å²) in [5.41, 5.74) is -0.834. The minimum absolute atomic E-state index is 0.0340. The van der Waals surface area contributed by atoms with Gasteiger partial charge in [-0.05, 0) is 58.6 Å². The van der Waals surface area contributed by atoms with Crippen LogP contribution in [0.15, 0.2) is 163 Å². The van der Waals surface area contributed by atoms with E-state index in [0.717, 1.165) is 31.5 Å². The van der Waals surface area contributed by atoms with Crippen LogP contribution >= 0.6 is 22.7 Å². The highest BCUT2D eigenvalue weighted by atomic mass is 32.1. The zero-order chi connectivity index (χ0) is 46.1. The predicted octanol–water partition coefficient (Wildman–Crippen LogP) is 12.9. The quantitative estimate of drug-likeness (QED) is 0.181. The smallest absolute Gasteiger partial charge is 0.164 e. The zero-order valence-electron chi connectivity index (χ0n) is 40.6. The molecule has 0 spiro atoms. The molecule has 50 heavy (non-hydrogen) atoms. The van der Waals surface area contributed by atoms with Gasteiger partial charge in [0.25, 0.3) is 0 Å². The summed E-state index contributed by atoms with van der Waals surface area (Å²) in [6, 6.07) is 13.0. The summed E-state index contributed by atoms with van der Waals surface area (Å²) in [4.78, 5) is 14.4. The molecule has 0 aliphatic rings. The standard InChI is InChI=1S/C45H27N3S2/c1-3-11-28(12-4-1)30-15-9-16-31(25-30)34-18-10-19-37-36-23-21-33(27-41(36)50-42(34)37)45-47-43(29-13-5-2-6-14-29)46-44(48-45)32-22-24-40-38(26-32)35-17-7-8-20-39(35)49-40/h1-27H/i1D,3D,4D,9D,10D,11D,12D,15D,16D,18D,19D,21D,23D,25D,27D. The Kier molecular flexibility index (Phi) is 4.17. The van der Waals surface area contributed by atoms with E-state index in [-0.39, 0.29) is 54.8 Å². The molecule has 0 aliphatic heterocycles. The summed E-state index contributed by atoms with van der Waals surface area (Å²) in [5.74, 6) is 0.391. The first-order chi connectivity index (χ1) is 31.0. The molecule has 0 N–H and O–H groups in total. The molecule has 0 atom stereocenters. The third-order valence-electron chi connectivity index (χ3n) is 8.21. The van der Waals surface area contributed by atoms with E-state index in [1.165, 1.54) is 0 Å². The van der Waals surface area contributed by atoms with Crippen LogP contribution in [0, 0.1) is 0 Å². The summed E-state index contributed by atoms with van der Waals surface area (Å²) < 4.78 is 135. The topological polar surface area (TPSA) is 38.7 Å². The highest BCUT2D eigenvalue weighted by Gasteiger charge is 2.16. The van der Waals surface area contributed by atoms with Gasteiger partial charge in [0.1, 0.15) is 0 Å². The molecule has 0 fully saturated rings. The van der Waals surface area contributed by atoms with Gasteiger partial charge in [-0.1, -0.05) is 127 Å². The molecule has 0 saturated carbocycles. The first-order valence-corrected chi connectivity index (χ1v) is 17.0. The highest BCUT2D eigenvalue weighted by Crippen LogP contribution is 2.42. The molecule has 0 unspecified atom stereocenters. The van der Waals surface area contributed by atoms with E-state index < -0.39 is 101 Å². The van der Waals surface area contributed by atoms with Crippen molar-refractivity contribution in [2.24, 2.45) is 0 Å². The molecule has 0 aliphatic carbocycles. The number of hydrogen-bond donors (Lipinski definition) is 0. The number of rotatable bonds is 5. The largest absolute Gasteiger partial charge is 0.208 e. The van der Waals surface area contributed by atoms with Crippen LogP contribution < -0.4 is 0 Å². The molecule has 7 aromatic carbocycles. The number of nitrogens with zero attached hydrogens (tertiary/aromatic N) is 3. The fraction of sp³-hybridized carbons (Fsp3) is 0. The monoisotopic (exact) mass is 688 g/mol. The summed E-state index contributed by atoms with van der Waals surface area (Å²) in [6.07, 6.45) is 0. The van der Waals surface area contributed by atoms with Gasteiger partial charge < -0.3 is 0 Å². The van der Waals surface area contributed by atoms with Crippen molar-refractivity contribution in [3.63, 3.8) is 0 Å². The summed E-state index contributed by atoms with van der Waals surface area (Å²) in [7, 11) is 0. The first kappa shape index (κ1) is 17.6. The summed E-state index contributed by atoms with van der Waals surface area (Å²) in [6.45, 7) is 0. The van der Waals surface area contributed by atoms with Crippen molar-refractivity contribution in [2.45, 2.75) is 0 Å². The maximum Gasteiger partial charge on any atom is 0.164 e. The fourth-order valence-corrected chi connectivity index (χ4v) is 8.08. The van der Waals surface area contributed by atoms with Gasteiger partial charge in [-0.3, -0.25) is 0 Å². The first-order valence-electron chi connectivity index (χ1n) is 22.9. The summed E-state index contributed by atoms with van der Waals surface area (Å²) in [5, 5.41) is 1.84. The summed E-state index contributed by atoms with van der Waals surface area (Å²) >= 11 is 2.46. The molecule has 10 aromatic rings. The van der Waals surface area contributed by atoms with Crippen LogP contribution in [0.4, 0.5) is 0 Å². The molecule has 3 aromatic heterocycles. The van der Waals surface area contributed by atoms with Crippen LogP contribution in [0.3, 0.4) is 0 Å². The van der Waals surface area contributed by atoms with Gasteiger partial charge in [-0.15, -0.1) is 22.7 Å². The van der Waals surface area contributed by atoms with Gasteiger partial charge in [-0.25, -0.2) is 15.0 Å². The Morgan fingerprint density at radius 1 is 0.400 bits per heavy atom. The Balaban J connectivity index is 1.26. The molecule has 0 radical (unpaired) electrons. The van der Waals surface area contributed by atoms with E-state index in [9.17, 15) is 5.48 Å². The van der Waals surface area contributed by atoms with E-state index in [0.29, 0.717) is 11.1 Å². The Bertz CT molecular complexity index is 3710. The van der Waals surface area contributed by atoms with Gasteiger partial charge in [0.2, 0.25) is 0 Å². The Labute approximate surface area is 317 Å². The van der Waals surface area contributed by atoms with Crippen molar-refractivity contribution in [3.8, 4) is 56.4 Å². The second-order valence-corrected chi connectivity index (χ2v) is 13.3. The molecule has 234 valence electrons. The van der Waals surface area contributed by atoms with E-state index >= 15 is 0 Å². The molecule has 10 rings (SSSR count). The van der Waals surface area contributed by atoms with Gasteiger partial charge in [0.15, 0.2) is 17.5 Å². The second-order valence-electron chi connectivity index (χ2n) is 11.2. The third kappa shape index (κ3) is 4.98. The lowest BCUT2D eigenvalue weighted by Gasteiger charge is -2.09. The Hall–Kier alpha value is -6.01. The Morgan fingerprint density at radius 2 is 1.12 bits per heavy atom. The molecule has 3 nitrogen and oxygen atoms in total. The lowest BCUT2D eigenvalue weighted by atomic mass is 9.98. The third-order valence-corrected chi connectivity index (χ3v) is 10.5. The van der Waals surface area contributed by atoms with Crippen molar-refractivity contribution in [1.29, 1.82) is 0 Å². The average molecular weight is 689 g/mol. The molecule has 0 amide bonds.